The highest BCUT2D eigenvalue weighted by molar-refractivity contribution is 5.78. The van der Waals surface area contributed by atoms with Gasteiger partial charge in [0, 0.05) is 16.8 Å². The Balaban J connectivity index is 2.34. The summed E-state index contributed by atoms with van der Waals surface area (Å²) in [6.07, 6.45) is 5.88. The van der Waals surface area contributed by atoms with Crippen LogP contribution in [0.15, 0.2) is 46.5 Å². The van der Waals surface area contributed by atoms with Crippen LogP contribution in [0.1, 0.15) is 48.9 Å². The molecule has 0 amide bonds. The zero-order valence-electron chi connectivity index (χ0n) is 14.0. The molecule has 4 heteroatoms. The number of aromatic nitrogens is 1. The minimum Gasteiger partial charge on any atom is -0.354 e. The molecular weight excluding hydrogens is 288 g/mol. The molecular formula is C19H22N2O2. The highest BCUT2D eigenvalue weighted by Gasteiger charge is 2.15. The lowest BCUT2D eigenvalue weighted by molar-refractivity contribution is 0.112. The number of hydrogen-bond donors (Lipinski definition) is 1. The molecule has 0 aliphatic heterocycles. The summed E-state index contributed by atoms with van der Waals surface area (Å²) in [7, 11) is 0. The number of carbonyl (C=O) groups is 1. The Kier molecular flexibility index (Phi) is 5.52. The molecule has 120 valence electrons. The maximum Gasteiger partial charge on any atom is 0.177 e. The molecule has 1 aromatic heterocycles. The summed E-state index contributed by atoms with van der Waals surface area (Å²) in [4.78, 5) is 10.9. The molecule has 0 aliphatic carbocycles. The minimum absolute atomic E-state index is 0.619. The largest absolute Gasteiger partial charge is 0.354 e. The molecule has 4 nitrogen and oxygen atoms in total. The molecule has 1 aromatic carbocycles. The van der Waals surface area contributed by atoms with Gasteiger partial charge in [0.1, 0.15) is 6.29 Å². The van der Waals surface area contributed by atoms with E-state index in [0.717, 1.165) is 35.3 Å². The zero-order chi connectivity index (χ0) is 16.8. The Hall–Kier alpha value is -2.62. The van der Waals surface area contributed by atoms with Gasteiger partial charge in [-0.2, -0.15) is 0 Å². The molecule has 0 fully saturated rings. The number of allylic oxidation sites excluding steroid dienone is 4. The van der Waals surface area contributed by atoms with Crippen molar-refractivity contribution in [3.05, 3.63) is 58.9 Å². The van der Waals surface area contributed by atoms with Crippen molar-refractivity contribution in [2.45, 2.75) is 34.1 Å². The standard InChI is InChI=1S/C19H22N2O2/c1-5-8-16(6-2)13(3)18-14(4)19(21-23-18)20-17-10-7-9-15(11-17)12-22/h5,7-12H,6H2,1-4H3,(H,20,21)/b8-5-,16-13-. The van der Waals surface area contributed by atoms with Gasteiger partial charge < -0.3 is 9.84 Å². The van der Waals surface area contributed by atoms with Gasteiger partial charge >= 0.3 is 0 Å². The van der Waals surface area contributed by atoms with Gasteiger partial charge in [0.05, 0.1) is 0 Å². The van der Waals surface area contributed by atoms with Crippen molar-refractivity contribution in [2.75, 3.05) is 5.32 Å². The smallest absolute Gasteiger partial charge is 0.177 e. The maximum absolute atomic E-state index is 10.9. The number of nitrogens with one attached hydrogen (secondary N) is 1. The maximum atomic E-state index is 10.9. The first-order chi connectivity index (χ1) is 11.1. The van der Waals surface area contributed by atoms with E-state index >= 15 is 0 Å². The fourth-order valence-electron chi connectivity index (χ4n) is 2.48. The van der Waals surface area contributed by atoms with E-state index in [1.807, 2.05) is 39.0 Å². The first-order valence-electron chi connectivity index (χ1n) is 7.72. The van der Waals surface area contributed by atoms with Crippen molar-refractivity contribution >= 4 is 23.4 Å². The third-order valence-electron chi connectivity index (χ3n) is 3.78. The lowest BCUT2D eigenvalue weighted by atomic mass is 10.0. The van der Waals surface area contributed by atoms with Crippen LogP contribution in [-0.2, 0) is 0 Å². The first kappa shape index (κ1) is 16.7. The molecule has 0 radical (unpaired) electrons. The van der Waals surface area contributed by atoms with Gasteiger partial charge in [-0.05, 0) is 50.5 Å². The predicted octanol–water partition coefficient (Wildman–Crippen LogP) is 5.30. The Morgan fingerprint density at radius 2 is 2.17 bits per heavy atom. The van der Waals surface area contributed by atoms with Crippen LogP contribution in [-0.4, -0.2) is 11.4 Å². The number of hydrogen-bond acceptors (Lipinski definition) is 4. The number of anilines is 2. The van der Waals surface area contributed by atoms with Gasteiger partial charge in [-0.3, -0.25) is 4.79 Å². The van der Waals surface area contributed by atoms with E-state index in [9.17, 15) is 4.79 Å². The van der Waals surface area contributed by atoms with Crippen LogP contribution in [0.3, 0.4) is 0 Å². The van der Waals surface area contributed by atoms with E-state index in [0.29, 0.717) is 11.4 Å². The van der Waals surface area contributed by atoms with Gasteiger partial charge in [0.15, 0.2) is 11.6 Å². The summed E-state index contributed by atoms with van der Waals surface area (Å²) in [5, 5.41) is 7.34. The zero-order valence-corrected chi connectivity index (χ0v) is 14.0. The number of benzene rings is 1. The second kappa shape index (κ2) is 7.58. The summed E-state index contributed by atoms with van der Waals surface area (Å²) in [5.74, 6) is 1.45. The van der Waals surface area contributed by atoms with E-state index in [1.54, 1.807) is 12.1 Å². The van der Waals surface area contributed by atoms with Gasteiger partial charge in [-0.15, -0.1) is 0 Å². The fourth-order valence-corrected chi connectivity index (χ4v) is 2.48. The second-order valence-electron chi connectivity index (χ2n) is 5.36. The van der Waals surface area contributed by atoms with Crippen LogP contribution in [0.2, 0.25) is 0 Å². The van der Waals surface area contributed by atoms with E-state index in [2.05, 4.69) is 23.5 Å². The minimum atomic E-state index is 0.619. The van der Waals surface area contributed by atoms with Crippen LogP contribution in [0.25, 0.3) is 5.57 Å². The van der Waals surface area contributed by atoms with E-state index < -0.39 is 0 Å². The van der Waals surface area contributed by atoms with Crippen molar-refractivity contribution in [2.24, 2.45) is 0 Å². The number of aldehydes is 1. The monoisotopic (exact) mass is 310 g/mol. The fraction of sp³-hybridized carbons (Fsp3) is 0.263. The number of rotatable bonds is 6. The Bertz CT molecular complexity index is 754. The third kappa shape index (κ3) is 3.77. The Labute approximate surface area is 136 Å². The molecule has 0 saturated heterocycles. The average molecular weight is 310 g/mol. The SMILES string of the molecule is C/C=C\C(CC)=C(\C)c1onc(Nc2cccc(C=O)c2)c1C. The normalized spacial score (nSPS) is 12.3. The molecule has 0 saturated carbocycles. The average Bonchev–Trinajstić information content (AvgIpc) is 2.93. The van der Waals surface area contributed by atoms with Gasteiger partial charge in [-0.25, -0.2) is 0 Å². The molecule has 1 N–H and O–H groups in total. The van der Waals surface area contributed by atoms with Gasteiger partial charge in [0.25, 0.3) is 0 Å². The summed E-state index contributed by atoms with van der Waals surface area (Å²) >= 11 is 0. The molecule has 2 aromatic rings. The van der Waals surface area contributed by atoms with Crippen LogP contribution in [0.4, 0.5) is 11.5 Å². The van der Waals surface area contributed by atoms with Crippen LogP contribution in [0, 0.1) is 6.92 Å². The molecule has 23 heavy (non-hydrogen) atoms. The summed E-state index contributed by atoms with van der Waals surface area (Å²) in [6.45, 7) is 8.14. The van der Waals surface area contributed by atoms with Crippen molar-refractivity contribution in [3.8, 4) is 0 Å². The Morgan fingerprint density at radius 3 is 2.83 bits per heavy atom. The third-order valence-corrected chi connectivity index (χ3v) is 3.78. The lowest BCUT2D eigenvalue weighted by Gasteiger charge is -2.06. The van der Waals surface area contributed by atoms with Crippen LogP contribution >= 0.6 is 0 Å². The molecule has 0 aliphatic rings. The van der Waals surface area contributed by atoms with Crippen molar-refractivity contribution in [3.63, 3.8) is 0 Å². The molecule has 0 bridgehead atoms. The summed E-state index contributed by atoms with van der Waals surface area (Å²) in [6, 6.07) is 7.26. The predicted molar refractivity (Wildman–Crippen MR) is 94.1 cm³/mol. The molecule has 0 unspecified atom stereocenters. The van der Waals surface area contributed by atoms with Gasteiger partial charge in [0.2, 0.25) is 0 Å². The highest BCUT2D eigenvalue weighted by atomic mass is 16.5. The van der Waals surface area contributed by atoms with Crippen molar-refractivity contribution in [1.82, 2.24) is 5.16 Å². The molecule has 0 atom stereocenters. The number of carbonyl (C=O) groups excluding carboxylic acids is 1. The van der Waals surface area contributed by atoms with E-state index in [4.69, 9.17) is 4.52 Å². The molecule has 2 rings (SSSR count). The van der Waals surface area contributed by atoms with Gasteiger partial charge in [-0.1, -0.05) is 36.4 Å². The first-order valence-corrected chi connectivity index (χ1v) is 7.72. The number of nitrogens with zero attached hydrogens (tertiary/aromatic N) is 1. The van der Waals surface area contributed by atoms with E-state index in [1.165, 1.54) is 5.57 Å². The molecule has 0 spiro atoms. The summed E-state index contributed by atoms with van der Waals surface area (Å²) in [5.41, 5.74) is 4.69. The second-order valence-corrected chi connectivity index (χ2v) is 5.36. The highest BCUT2D eigenvalue weighted by Crippen LogP contribution is 2.30. The van der Waals surface area contributed by atoms with Crippen molar-refractivity contribution < 1.29 is 9.32 Å². The van der Waals surface area contributed by atoms with Crippen LogP contribution < -0.4 is 5.32 Å². The molecule has 1 heterocycles. The quantitative estimate of drug-likeness (QED) is 0.581. The van der Waals surface area contributed by atoms with E-state index in [-0.39, 0.29) is 0 Å². The topological polar surface area (TPSA) is 55.1 Å². The van der Waals surface area contributed by atoms with Crippen molar-refractivity contribution in [1.29, 1.82) is 0 Å². The Morgan fingerprint density at radius 1 is 1.39 bits per heavy atom. The van der Waals surface area contributed by atoms with Crippen LogP contribution in [0.5, 0.6) is 0 Å². The lowest BCUT2D eigenvalue weighted by Crippen LogP contribution is -1.94. The summed E-state index contributed by atoms with van der Waals surface area (Å²) < 4.78 is 5.54.